The molecule has 0 aliphatic carbocycles. The van der Waals surface area contributed by atoms with E-state index in [-0.39, 0.29) is 6.10 Å². The SMILES string of the molecule is COc1ccc(CCC2(Cn3ccnc3)OCC(CSc3ccc(Cl)cc3)O2)cc1. The highest BCUT2D eigenvalue weighted by atomic mass is 35.5. The molecule has 0 bridgehead atoms. The summed E-state index contributed by atoms with van der Waals surface area (Å²) in [6.07, 6.45) is 7.18. The highest BCUT2D eigenvalue weighted by Crippen LogP contribution is 2.33. The number of halogens is 1. The second kappa shape index (κ2) is 9.88. The molecule has 158 valence electrons. The van der Waals surface area contributed by atoms with Crippen molar-refractivity contribution in [1.29, 1.82) is 0 Å². The van der Waals surface area contributed by atoms with Crippen LogP contribution >= 0.6 is 23.4 Å². The monoisotopic (exact) mass is 444 g/mol. The third-order valence-corrected chi connectivity index (χ3v) is 6.50. The van der Waals surface area contributed by atoms with Crippen molar-refractivity contribution in [2.45, 2.75) is 36.2 Å². The molecule has 1 saturated heterocycles. The summed E-state index contributed by atoms with van der Waals surface area (Å²) >= 11 is 7.73. The Kier molecular flexibility index (Phi) is 7.00. The minimum Gasteiger partial charge on any atom is -0.497 e. The first-order valence-corrected chi connectivity index (χ1v) is 11.3. The number of benzene rings is 2. The van der Waals surface area contributed by atoms with E-state index in [0.717, 1.165) is 29.4 Å². The van der Waals surface area contributed by atoms with Gasteiger partial charge < -0.3 is 18.8 Å². The maximum Gasteiger partial charge on any atom is 0.187 e. The van der Waals surface area contributed by atoms with Gasteiger partial charge in [0.05, 0.1) is 32.7 Å². The van der Waals surface area contributed by atoms with Gasteiger partial charge in [-0.1, -0.05) is 23.7 Å². The normalized spacial score (nSPS) is 21.1. The van der Waals surface area contributed by atoms with Crippen molar-refractivity contribution < 1.29 is 14.2 Å². The molecule has 3 aromatic rings. The van der Waals surface area contributed by atoms with Gasteiger partial charge in [0.15, 0.2) is 5.79 Å². The van der Waals surface area contributed by atoms with Crippen LogP contribution in [-0.4, -0.2) is 40.9 Å². The first kappa shape index (κ1) is 21.2. The highest BCUT2D eigenvalue weighted by molar-refractivity contribution is 7.99. The quantitative estimate of drug-likeness (QED) is 0.430. The van der Waals surface area contributed by atoms with Crippen molar-refractivity contribution in [2.24, 2.45) is 0 Å². The molecular formula is C23H25ClN2O3S. The summed E-state index contributed by atoms with van der Waals surface area (Å²) in [4.78, 5) is 5.33. The zero-order valence-corrected chi connectivity index (χ0v) is 18.4. The zero-order valence-electron chi connectivity index (χ0n) is 16.9. The van der Waals surface area contributed by atoms with Gasteiger partial charge in [-0.05, 0) is 48.4 Å². The van der Waals surface area contributed by atoms with E-state index >= 15 is 0 Å². The van der Waals surface area contributed by atoms with Crippen LogP contribution in [0.5, 0.6) is 5.75 Å². The van der Waals surface area contributed by atoms with Crippen molar-refractivity contribution in [3.05, 3.63) is 77.8 Å². The Hall–Kier alpha value is -1.99. The average Bonchev–Trinajstić information content (AvgIpc) is 3.43. The van der Waals surface area contributed by atoms with Crippen LogP contribution in [0.1, 0.15) is 12.0 Å². The number of ether oxygens (including phenoxy) is 3. The van der Waals surface area contributed by atoms with E-state index in [1.807, 2.05) is 47.2 Å². The van der Waals surface area contributed by atoms with Crippen LogP contribution in [0.3, 0.4) is 0 Å². The van der Waals surface area contributed by atoms with E-state index < -0.39 is 5.79 Å². The highest BCUT2D eigenvalue weighted by Gasteiger charge is 2.41. The molecule has 2 unspecified atom stereocenters. The molecule has 0 spiro atoms. The summed E-state index contributed by atoms with van der Waals surface area (Å²) in [5.41, 5.74) is 1.23. The predicted octanol–water partition coefficient (Wildman–Crippen LogP) is 5.08. The standard InChI is InChI=1S/C23H25ClN2O3S/c1-27-20-6-2-18(3-7-20)10-11-23(16-26-13-12-25-17-26)28-14-21(29-23)15-30-22-8-4-19(24)5-9-22/h2-9,12-13,17,21H,10-11,14-16H2,1H3. The molecular weight excluding hydrogens is 420 g/mol. The smallest absolute Gasteiger partial charge is 0.187 e. The minimum atomic E-state index is -0.661. The van der Waals surface area contributed by atoms with E-state index in [1.165, 1.54) is 10.5 Å². The third-order valence-electron chi connectivity index (χ3n) is 5.10. The molecule has 1 aliphatic rings. The topological polar surface area (TPSA) is 45.5 Å². The molecule has 0 N–H and O–H groups in total. The number of methoxy groups -OCH3 is 1. The summed E-state index contributed by atoms with van der Waals surface area (Å²) in [6.45, 7) is 1.20. The van der Waals surface area contributed by atoms with Crippen molar-refractivity contribution in [2.75, 3.05) is 19.5 Å². The molecule has 2 heterocycles. The predicted molar refractivity (Wildman–Crippen MR) is 119 cm³/mol. The van der Waals surface area contributed by atoms with E-state index in [2.05, 4.69) is 17.1 Å². The number of imidazole rings is 1. The molecule has 0 amide bonds. The molecule has 1 fully saturated rings. The van der Waals surface area contributed by atoms with Crippen molar-refractivity contribution in [3.63, 3.8) is 0 Å². The van der Waals surface area contributed by atoms with Gasteiger partial charge in [0.25, 0.3) is 0 Å². The van der Waals surface area contributed by atoms with Gasteiger partial charge in [-0.25, -0.2) is 4.98 Å². The summed E-state index contributed by atoms with van der Waals surface area (Å²) in [7, 11) is 1.68. The Morgan fingerprint density at radius 2 is 2.00 bits per heavy atom. The average molecular weight is 445 g/mol. The summed E-state index contributed by atoms with van der Waals surface area (Å²) in [6, 6.07) is 16.0. The zero-order chi connectivity index (χ0) is 20.8. The van der Waals surface area contributed by atoms with Gasteiger partial charge in [-0.3, -0.25) is 0 Å². The van der Waals surface area contributed by atoms with Gasteiger partial charge in [0, 0.05) is 34.5 Å². The number of thioether (sulfide) groups is 1. The van der Waals surface area contributed by atoms with Crippen LogP contribution in [-0.2, 0) is 22.4 Å². The number of hydrogen-bond donors (Lipinski definition) is 0. The Morgan fingerprint density at radius 1 is 1.20 bits per heavy atom. The van der Waals surface area contributed by atoms with Gasteiger partial charge in [0.1, 0.15) is 5.75 Å². The second-order valence-electron chi connectivity index (χ2n) is 7.31. The maximum atomic E-state index is 6.49. The largest absolute Gasteiger partial charge is 0.497 e. The lowest BCUT2D eigenvalue weighted by Gasteiger charge is -2.28. The van der Waals surface area contributed by atoms with Crippen molar-refractivity contribution >= 4 is 23.4 Å². The van der Waals surface area contributed by atoms with Crippen LogP contribution in [0.25, 0.3) is 0 Å². The van der Waals surface area contributed by atoms with Crippen LogP contribution in [0, 0.1) is 0 Å². The summed E-state index contributed by atoms with van der Waals surface area (Å²) < 4.78 is 20.0. The van der Waals surface area contributed by atoms with E-state index in [9.17, 15) is 0 Å². The Labute approximate surface area is 186 Å². The number of aryl methyl sites for hydroxylation is 1. The Bertz CT molecular complexity index is 919. The lowest BCUT2D eigenvalue weighted by Crippen LogP contribution is -2.37. The Morgan fingerprint density at radius 3 is 2.70 bits per heavy atom. The second-order valence-corrected chi connectivity index (χ2v) is 8.84. The molecule has 0 radical (unpaired) electrons. The number of aromatic nitrogens is 2. The fourth-order valence-electron chi connectivity index (χ4n) is 3.50. The van der Waals surface area contributed by atoms with Crippen LogP contribution in [0.15, 0.2) is 72.1 Å². The van der Waals surface area contributed by atoms with Gasteiger partial charge in [-0.15, -0.1) is 11.8 Å². The Balaban J connectivity index is 1.39. The molecule has 5 nitrogen and oxygen atoms in total. The molecule has 1 aromatic heterocycles. The number of hydrogen-bond acceptors (Lipinski definition) is 5. The van der Waals surface area contributed by atoms with Gasteiger partial charge in [0.2, 0.25) is 0 Å². The van der Waals surface area contributed by atoms with Gasteiger partial charge in [-0.2, -0.15) is 0 Å². The molecule has 1 aliphatic heterocycles. The molecule has 4 rings (SSSR count). The third kappa shape index (κ3) is 5.58. The number of nitrogens with zero attached hydrogens (tertiary/aromatic N) is 2. The molecule has 0 saturated carbocycles. The lowest BCUT2D eigenvalue weighted by atomic mass is 10.0. The van der Waals surface area contributed by atoms with Crippen LogP contribution in [0.2, 0.25) is 5.02 Å². The van der Waals surface area contributed by atoms with Gasteiger partial charge >= 0.3 is 0 Å². The van der Waals surface area contributed by atoms with Crippen LogP contribution < -0.4 is 4.74 Å². The van der Waals surface area contributed by atoms with E-state index in [1.54, 1.807) is 31.4 Å². The van der Waals surface area contributed by atoms with E-state index in [0.29, 0.717) is 13.2 Å². The number of rotatable bonds is 9. The summed E-state index contributed by atoms with van der Waals surface area (Å²) in [5.74, 6) is 1.03. The van der Waals surface area contributed by atoms with Crippen molar-refractivity contribution in [3.8, 4) is 5.75 Å². The summed E-state index contributed by atoms with van der Waals surface area (Å²) in [5, 5.41) is 0.748. The first-order chi connectivity index (χ1) is 14.6. The van der Waals surface area contributed by atoms with E-state index in [4.69, 9.17) is 25.8 Å². The molecule has 7 heteroatoms. The van der Waals surface area contributed by atoms with Crippen LogP contribution in [0.4, 0.5) is 0 Å². The first-order valence-electron chi connectivity index (χ1n) is 9.93. The molecule has 30 heavy (non-hydrogen) atoms. The fourth-order valence-corrected chi connectivity index (χ4v) is 4.49. The van der Waals surface area contributed by atoms with Crippen molar-refractivity contribution in [1.82, 2.24) is 9.55 Å². The molecule has 2 atom stereocenters. The minimum absolute atomic E-state index is 0.0325. The fraction of sp³-hybridized carbons (Fsp3) is 0.348. The maximum absolute atomic E-state index is 6.49. The molecule has 2 aromatic carbocycles. The lowest BCUT2D eigenvalue weighted by molar-refractivity contribution is -0.180.